The van der Waals surface area contributed by atoms with Crippen molar-refractivity contribution < 1.29 is 4.74 Å². The van der Waals surface area contributed by atoms with Crippen LogP contribution in [0.5, 0.6) is 5.75 Å². The summed E-state index contributed by atoms with van der Waals surface area (Å²) in [7, 11) is 1.65. The third kappa shape index (κ3) is 3.60. The molecule has 2 rings (SSSR count). The van der Waals surface area contributed by atoms with Gasteiger partial charge in [0.1, 0.15) is 10.9 Å². The number of benzene rings is 2. The molecular formula is C15H14ClNO. The van der Waals surface area contributed by atoms with Gasteiger partial charge in [-0.25, -0.2) is 4.99 Å². The van der Waals surface area contributed by atoms with E-state index < -0.39 is 0 Å². The highest BCUT2D eigenvalue weighted by molar-refractivity contribution is 6.65. The molecule has 2 aromatic carbocycles. The van der Waals surface area contributed by atoms with Gasteiger partial charge in [-0.2, -0.15) is 0 Å². The van der Waals surface area contributed by atoms with Crippen LogP contribution in [-0.4, -0.2) is 12.3 Å². The van der Waals surface area contributed by atoms with E-state index in [1.807, 2.05) is 54.6 Å². The summed E-state index contributed by atoms with van der Waals surface area (Å²) in [4.78, 5) is 4.35. The first kappa shape index (κ1) is 12.7. The van der Waals surface area contributed by atoms with Gasteiger partial charge < -0.3 is 4.74 Å². The fourth-order valence-corrected chi connectivity index (χ4v) is 1.85. The van der Waals surface area contributed by atoms with Crippen molar-refractivity contribution >= 4 is 22.5 Å². The van der Waals surface area contributed by atoms with Crippen LogP contribution in [0, 0.1) is 0 Å². The molecule has 0 atom stereocenters. The minimum Gasteiger partial charge on any atom is -0.497 e. The lowest BCUT2D eigenvalue weighted by Gasteiger charge is -2.02. The van der Waals surface area contributed by atoms with Crippen molar-refractivity contribution in [3.8, 4) is 5.75 Å². The van der Waals surface area contributed by atoms with Crippen molar-refractivity contribution in [2.24, 2.45) is 4.99 Å². The summed E-state index contributed by atoms with van der Waals surface area (Å²) >= 11 is 6.14. The smallest absolute Gasteiger partial charge is 0.118 e. The van der Waals surface area contributed by atoms with E-state index in [4.69, 9.17) is 16.3 Å². The van der Waals surface area contributed by atoms with Crippen LogP contribution in [0.3, 0.4) is 0 Å². The number of nitrogens with zero attached hydrogens (tertiary/aromatic N) is 1. The third-order valence-electron chi connectivity index (χ3n) is 2.52. The van der Waals surface area contributed by atoms with E-state index in [-0.39, 0.29) is 0 Å². The van der Waals surface area contributed by atoms with E-state index >= 15 is 0 Å². The average molecular weight is 260 g/mol. The summed E-state index contributed by atoms with van der Waals surface area (Å²) in [5.41, 5.74) is 1.98. The van der Waals surface area contributed by atoms with Crippen LogP contribution >= 0.6 is 11.6 Å². The predicted octanol–water partition coefficient (Wildman–Crippen LogP) is 4.21. The van der Waals surface area contributed by atoms with Gasteiger partial charge in [-0.1, -0.05) is 41.9 Å². The van der Waals surface area contributed by atoms with Gasteiger partial charge in [0.2, 0.25) is 0 Å². The number of hydrogen-bond acceptors (Lipinski definition) is 2. The second-order valence-electron chi connectivity index (χ2n) is 3.85. The Morgan fingerprint density at radius 3 is 2.33 bits per heavy atom. The molecule has 0 saturated carbocycles. The molecule has 18 heavy (non-hydrogen) atoms. The Morgan fingerprint density at radius 1 is 1.06 bits per heavy atom. The zero-order valence-corrected chi connectivity index (χ0v) is 10.9. The second kappa shape index (κ2) is 6.22. The van der Waals surface area contributed by atoms with Gasteiger partial charge >= 0.3 is 0 Å². The van der Waals surface area contributed by atoms with Crippen molar-refractivity contribution in [2.45, 2.75) is 6.42 Å². The first-order valence-electron chi connectivity index (χ1n) is 5.69. The van der Waals surface area contributed by atoms with Crippen LogP contribution in [0.2, 0.25) is 0 Å². The first-order valence-corrected chi connectivity index (χ1v) is 6.07. The van der Waals surface area contributed by atoms with Gasteiger partial charge in [0.05, 0.1) is 12.8 Å². The molecule has 0 N–H and O–H groups in total. The highest BCUT2D eigenvalue weighted by Gasteiger charge is 1.99. The Morgan fingerprint density at radius 2 is 1.72 bits per heavy atom. The quantitative estimate of drug-likeness (QED) is 0.754. The Balaban J connectivity index is 2.06. The molecule has 0 fully saturated rings. The maximum absolute atomic E-state index is 6.14. The van der Waals surface area contributed by atoms with Crippen LogP contribution < -0.4 is 4.74 Å². The molecule has 2 aromatic rings. The first-order chi connectivity index (χ1) is 8.78. The van der Waals surface area contributed by atoms with E-state index in [1.54, 1.807) is 7.11 Å². The molecular weight excluding hydrogens is 246 g/mol. The van der Waals surface area contributed by atoms with Crippen molar-refractivity contribution in [1.82, 2.24) is 0 Å². The molecule has 92 valence electrons. The summed E-state index contributed by atoms with van der Waals surface area (Å²) in [6.07, 6.45) is 0.625. The molecule has 0 unspecified atom stereocenters. The van der Waals surface area contributed by atoms with Crippen LogP contribution in [-0.2, 0) is 6.42 Å². The van der Waals surface area contributed by atoms with Crippen molar-refractivity contribution in [2.75, 3.05) is 7.11 Å². The van der Waals surface area contributed by atoms with E-state index in [1.165, 1.54) is 0 Å². The normalized spacial score (nSPS) is 11.3. The number of rotatable bonds is 4. The summed E-state index contributed by atoms with van der Waals surface area (Å²) < 4.78 is 5.11. The predicted molar refractivity (Wildman–Crippen MR) is 76.1 cm³/mol. The Bertz CT molecular complexity index is 520. The molecule has 0 aliphatic rings. The number of ether oxygens (including phenoxy) is 1. The lowest BCUT2D eigenvalue weighted by Crippen LogP contribution is -1.94. The summed E-state index contributed by atoms with van der Waals surface area (Å²) in [5, 5.41) is 0.575. The molecule has 2 nitrogen and oxygen atoms in total. The maximum Gasteiger partial charge on any atom is 0.118 e. The van der Waals surface area contributed by atoms with Gasteiger partial charge in [0.15, 0.2) is 0 Å². The van der Waals surface area contributed by atoms with Gasteiger partial charge in [0, 0.05) is 6.42 Å². The molecule has 0 aliphatic heterocycles. The molecule has 0 spiro atoms. The maximum atomic E-state index is 6.14. The lowest BCUT2D eigenvalue weighted by atomic mass is 10.1. The summed E-state index contributed by atoms with van der Waals surface area (Å²) in [5.74, 6) is 0.842. The van der Waals surface area contributed by atoms with E-state index in [0.717, 1.165) is 17.0 Å². The number of halogens is 1. The average Bonchev–Trinajstić information content (AvgIpc) is 2.40. The third-order valence-corrected chi connectivity index (χ3v) is 2.73. The minimum atomic E-state index is 0.575. The Labute approximate surface area is 112 Å². The van der Waals surface area contributed by atoms with Gasteiger partial charge in [-0.3, -0.25) is 0 Å². The van der Waals surface area contributed by atoms with E-state index in [0.29, 0.717) is 11.6 Å². The largest absolute Gasteiger partial charge is 0.497 e. The van der Waals surface area contributed by atoms with Crippen molar-refractivity contribution in [1.29, 1.82) is 0 Å². The van der Waals surface area contributed by atoms with Gasteiger partial charge in [-0.05, 0) is 29.8 Å². The molecule has 0 radical (unpaired) electrons. The molecule has 0 heterocycles. The van der Waals surface area contributed by atoms with E-state index in [2.05, 4.69) is 4.99 Å². The van der Waals surface area contributed by atoms with Gasteiger partial charge in [0.25, 0.3) is 0 Å². The number of methoxy groups -OCH3 is 1. The zero-order valence-electron chi connectivity index (χ0n) is 10.1. The van der Waals surface area contributed by atoms with Crippen molar-refractivity contribution in [3.05, 3.63) is 60.2 Å². The van der Waals surface area contributed by atoms with Gasteiger partial charge in [-0.15, -0.1) is 0 Å². The lowest BCUT2D eigenvalue weighted by molar-refractivity contribution is 0.414. The molecule has 0 saturated heterocycles. The summed E-state index contributed by atoms with van der Waals surface area (Å²) in [6, 6.07) is 17.5. The van der Waals surface area contributed by atoms with Crippen molar-refractivity contribution in [3.63, 3.8) is 0 Å². The van der Waals surface area contributed by atoms with Crippen LogP contribution in [0.1, 0.15) is 5.56 Å². The number of para-hydroxylation sites is 1. The minimum absolute atomic E-state index is 0.575. The fourth-order valence-electron chi connectivity index (χ4n) is 1.59. The Hall–Kier alpha value is -1.80. The molecule has 0 bridgehead atoms. The highest BCUT2D eigenvalue weighted by atomic mass is 35.5. The molecule has 0 amide bonds. The number of aliphatic imine (C=N–C) groups is 1. The second-order valence-corrected chi connectivity index (χ2v) is 4.28. The Kier molecular flexibility index (Phi) is 4.37. The topological polar surface area (TPSA) is 21.6 Å². The van der Waals surface area contributed by atoms with Crippen LogP contribution in [0.15, 0.2) is 59.6 Å². The monoisotopic (exact) mass is 259 g/mol. The summed E-state index contributed by atoms with van der Waals surface area (Å²) in [6.45, 7) is 0. The fraction of sp³-hybridized carbons (Fsp3) is 0.133. The zero-order chi connectivity index (χ0) is 12.8. The SMILES string of the molecule is COc1ccc(C/C(Cl)=N/c2ccccc2)cc1. The number of hydrogen-bond donors (Lipinski definition) is 0. The molecule has 3 heteroatoms. The standard InChI is InChI=1S/C15H14ClNO/c1-18-14-9-7-12(8-10-14)11-15(16)17-13-5-3-2-4-6-13/h2-10H,11H2,1H3/b17-15-. The molecule has 0 aromatic heterocycles. The van der Waals surface area contributed by atoms with E-state index in [9.17, 15) is 0 Å². The highest BCUT2D eigenvalue weighted by Crippen LogP contribution is 2.15. The molecule has 0 aliphatic carbocycles. The van der Waals surface area contributed by atoms with Crippen LogP contribution in [0.4, 0.5) is 5.69 Å². The van der Waals surface area contributed by atoms with Crippen LogP contribution in [0.25, 0.3) is 0 Å².